The highest BCUT2D eigenvalue weighted by Crippen LogP contribution is 2.26. The molecule has 0 aliphatic carbocycles. The van der Waals surface area contributed by atoms with Gasteiger partial charge in [0, 0.05) is 17.3 Å². The number of nitrogens with zero attached hydrogens (tertiary/aromatic N) is 1. The molecule has 0 radical (unpaired) electrons. The van der Waals surface area contributed by atoms with Crippen LogP contribution in [0.4, 0.5) is 0 Å². The second kappa shape index (κ2) is 5.65. The molecular formula is C13H22N2O2S. The summed E-state index contributed by atoms with van der Waals surface area (Å²) in [5.74, 6) is 0. The van der Waals surface area contributed by atoms with Crippen LogP contribution in [0, 0.1) is 0 Å². The summed E-state index contributed by atoms with van der Waals surface area (Å²) in [6.45, 7) is 10.8. The second-order valence-corrected chi connectivity index (χ2v) is 6.51. The topological polar surface area (TPSA) is 43.4 Å². The molecule has 0 amide bonds. The van der Waals surface area contributed by atoms with E-state index in [1.54, 1.807) is 11.3 Å². The molecule has 0 unspecified atom stereocenters. The average molecular weight is 270 g/mol. The highest BCUT2D eigenvalue weighted by molar-refractivity contribution is 7.09. The highest BCUT2D eigenvalue weighted by atomic mass is 32.1. The molecule has 0 aromatic carbocycles. The summed E-state index contributed by atoms with van der Waals surface area (Å²) in [6.07, 6.45) is -0.102. The van der Waals surface area contributed by atoms with E-state index < -0.39 is 0 Å². The molecule has 0 spiro atoms. The van der Waals surface area contributed by atoms with E-state index in [0.29, 0.717) is 19.8 Å². The Bertz CT molecular complexity index is 381. The van der Waals surface area contributed by atoms with E-state index in [-0.39, 0.29) is 17.7 Å². The van der Waals surface area contributed by atoms with Crippen molar-refractivity contribution in [2.75, 3.05) is 19.8 Å². The van der Waals surface area contributed by atoms with Crippen molar-refractivity contribution in [3.8, 4) is 0 Å². The summed E-state index contributed by atoms with van der Waals surface area (Å²) < 4.78 is 10.8. The number of hydrogen-bond acceptors (Lipinski definition) is 5. The van der Waals surface area contributed by atoms with Crippen LogP contribution in [0.25, 0.3) is 0 Å². The van der Waals surface area contributed by atoms with Gasteiger partial charge in [0.05, 0.1) is 24.9 Å². The van der Waals surface area contributed by atoms with Gasteiger partial charge < -0.3 is 14.8 Å². The van der Waals surface area contributed by atoms with Crippen molar-refractivity contribution in [3.63, 3.8) is 0 Å². The molecule has 1 aromatic rings. The van der Waals surface area contributed by atoms with E-state index >= 15 is 0 Å². The summed E-state index contributed by atoms with van der Waals surface area (Å²) in [4.78, 5) is 4.70. The van der Waals surface area contributed by atoms with Crippen molar-refractivity contribution in [2.24, 2.45) is 0 Å². The van der Waals surface area contributed by atoms with Crippen LogP contribution in [-0.4, -0.2) is 31.0 Å². The number of ether oxygens (including phenoxy) is 2. The van der Waals surface area contributed by atoms with Crippen LogP contribution in [0.5, 0.6) is 0 Å². The Kier molecular flexibility index (Phi) is 4.37. The van der Waals surface area contributed by atoms with E-state index in [9.17, 15) is 0 Å². The number of hydrogen-bond donors (Lipinski definition) is 1. The Morgan fingerprint density at radius 1 is 1.44 bits per heavy atom. The van der Waals surface area contributed by atoms with Gasteiger partial charge in [0.1, 0.15) is 5.01 Å². The third-order valence-corrected chi connectivity index (χ3v) is 3.97. The smallest absolute Gasteiger partial charge is 0.170 e. The Morgan fingerprint density at radius 2 is 2.11 bits per heavy atom. The number of rotatable bonds is 4. The van der Waals surface area contributed by atoms with Crippen molar-refractivity contribution in [1.29, 1.82) is 0 Å². The van der Waals surface area contributed by atoms with Gasteiger partial charge in [-0.1, -0.05) is 20.8 Å². The van der Waals surface area contributed by atoms with E-state index in [1.807, 2.05) is 0 Å². The van der Waals surface area contributed by atoms with Crippen LogP contribution < -0.4 is 5.32 Å². The second-order valence-electron chi connectivity index (χ2n) is 5.62. The Morgan fingerprint density at radius 3 is 2.67 bits per heavy atom. The molecule has 2 heterocycles. The van der Waals surface area contributed by atoms with Crippen molar-refractivity contribution < 1.29 is 9.47 Å². The fraction of sp³-hybridized carbons (Fsp3) is 0.769. The van der Waals surface area contributed by atoms with E-state index in [2.05, 4.69) is 38.4 Å². The zero-order valence-corrected chi connectivity index (χ0v) is 12.3. The lowest BCUT2D eigenvalue weighted by Crippen LogP contribution is -2.29. The van der Waals surface area contributed by atoms with Gasteiger partial charge in [-0.05, 0) is 6.92 Å². The van der Waals surface area contributed by atoms with E-state index in [0.717, 1.165) is 10.7 Å². The van der Waals surface area contributed by atoms with Crippen LogP contribution in [0.15, 0.2) is 5.38 Å². The molecule has 5 heteroatoms. The number of nitrogens with one attached hydrogen (secondary N) is 1. The zero-order valence-electron chi connectivity index (χ0n) is 11.5. The molecule has 1 atom stereocenters. The summed E-state index contributed by atoms with van der Waals surface area (Å²) in [5.41, 5.74) is 1.27. The maximum atomic E-state index is 5.40. The fourth-order valence-corrected chi connectivity index (χ4v) is 2.79. The largest absolute Gasteiger partial charge is 0.349 e. The van der Waals surface area contributed by atoms with Gasteiger partial charge in [-0.2, -0.15) is 0 Å². The Hall–Kier alpha value is -0.490. The van der Waals surface area contributed by atoms with E-state index in [1.165, 1.54) is 0 Å². The van der Waals surface area contributed by atoms with Gasteiger partial charge in [0.15, 0.2) is 6.29 Å². The molecule has 1 fully saturated rings. The van der Waals surface area contributed by atoms with Crippen LogP contribution in [0.1, 0.15) is 44.4 Å². The first kappa shape index (κ1) is 13.9. The zero-order chi connectivity index (χ0) is 13.2. The predicted octanol–water partition coefficient (Wildman–Crippen LogP) is 2.46. The minimum atomic E-state index is -0.102. The van der Waals surface area contributed by atoms with Crippen molar-refractivity contribution in [1.82, 2.24) is 10.3 Å². The Labute approximate surface area is 113 Å². The summed E-state index contributed by atoms with van der Waals surface area (Å²) in [5, 5.41) is 6.68. The molecule has 18 heavy (non-hydrogen) atoms. The average Bonchev–Trinajstić information content (AvgIpc) is 2.96. The molecule has 4 nitrogen and oxygen atoms in total. The van der Waals surface area contributed by atoms with Crippen molar-refractivity contribution in [2.45, 2.75) is 45.4 Å². The lowest BCUT2D eigenvalue weighted by Gasteiger charge is -2.16. The first-order chi connectivity index (χ1) is 8.47. The quantitative estimate of drug-likeness (QED) is 0.912. The molecule has 0 saturated carbocycles. The normalized spacial score (nSPS) is 19.3. The molecule has 1 N–H and O–H groups in total. The van der Waals surface area contributed by atoms with Crippen molar-refractivity contribution in [3.05, 3.63) is 16.1 Å². The molecule has 1 aliphatic rings. The summed E-state index contributed by atoms with van der Waals surface area (Å²) >= 11 is 1.71. The Balaban J connectivity index is 1.88. The molecule has 1 aliphatic heterocycles. The first-order valence-electron chi connectivity index (χ1n) is 6.39. The van der Waals surface area contributed by atoms with Crippen LogP contribution in [-0.2, 0) is 14.9 Å². The first-order valence-corrected chi connectivity index (χ1v) is 7.27. The van der Waals surface area contributed by atoms with Gasteiger partial charge in [-0.15, -0.1) is 11.3 Å². The fourth-order valence-electron chi connectivity index (χ4n) is 1.72. The van der Waals surface area contributed by atoms with Gasteiger partial charge in [-0.3, -0.25) is 0 Å². The minimum absolute atomic E-state index is 0.102. The monoisotopic (exact) mass is 270 g/mol. The summed E-state index contributed by atoms with van der Waals surface area (Å²) in [6, 6.07) is 0.235. The van der Waals surface area contributed by atoms with Gasteiger partial charge >= 0.3 is 0 Å². The van der Waals surface area contributed by atoms with Gasteiger partial charge in [-0.25, -0.2) is 4.98 Å². The van der Waals surface area contributed by atoms with Crippen LogP contribution >= 0.6 is 11.3 Å². The number of thiazole rings is 1. The minimum Gasteiger partial charge on any atom is -0.349 e. The number of aromatic nitrogens is 1. The predicted molar refractivity (Wildman–Crippen MR) is 72.9 cm³/mol. The lowest BCUT2D eigenvalue weighted by molar-refractivity contribution is -0.0403. The maximum absolute atomic E-state index is 5.40. The molecule has 1 saturated heterocycles. The van der Waals surface area contributed by atoms with Gasteiger partial charge in [0.25, 0.3) is 0 Å². The third kappa shape index (κ3) is 3.51. The lowest BCUT2D eigenvalue weighted by atomic mass is 9.93. The van der Waals surface area contributed by atoms with E-state index in [4.69, 9.17) is 14.5 Å². The molecule has 102 valence electrons. The standard InChI is InChI=1S/C13H22N2O2S/c1-9(14-7-11-16-5-6-17-11)12-15-10(8-18-12)13(2,3)4/h8-9,11,14H,5-7H2,1-4H3/t9-/m1/s1. The molecule has 0 bridgehead atoms. The van der Waals surface area contributed by atoms with Crippen LogP contribution in [0.2, 0.25) is 0 Å². The molecule has 1 aromatic heterocycles. The maximum Gasteiger partial charge on any atom is 0.170 e. The molecular weight excluding hydrogens is 248 g/mol. The van der Waals surface area contributed by atoms with Crippen LogP contribution in [0.3, 0.4) is 0 Å². The van der Waals surface area contributed by atoms with Crippen molar-refractivity contribution >= 4 is 11.3 Å². The highest BCUT2D eigenvalue weighted by Gasteiger charge is 2.21. The van der Waals surface area contributed by atoms with Gasteiger partial charge in [0.2, 0.25) is 0 Å². The SMILES string of the molecule is C[C@@H](NCC1OCCO1)c1nc(C(C)(C)C)cs1. The molecule has 2 rings (SSSR count). The third-order valence-electron chi connectivity index (χ3n) is 2.94. The summed E-state index contributed by atoms with van der Waals surface area (Å²) in [7, 11) is 0.